The van der Waals surface area contributed by atoms with Gasteiger partial charge in [0.05, 0.1) is 11.1 Å². The Labute approximate surface area is 104 Å². The first-order chi connectivity index (χ1) is 7.92. The molecule has 92 valence electrons. The predicted octanol–water partition coefficient (Wildman–Crippen LogP) is 3.29. The van der Waals surface area contributed by atoms with E-state index in [0.717, 1.165) is 0 Å². The monoisotopic (exact) mass is 257 g/mol. The van der Waals surface area contributed by atoms with E-state index >= 15 is 0 Å². The van der Waals surface area contributed by atoms with Crippen molar-refractivity contribution in [2.45, 2.75) is 19.9 Å². The van der Waals surface area contributed by atoms with E-state index in [-0.39, 0.29) is 23.1 Å². The van der Waals surface area contributed by atoms with Crippen molar-refractivity contribution >= 4 is 17.7 Å². The van der Waals surface area contributed by atoms with Crippen molar-refractivity contribution in [1.29, 1.82) is 0 Å². The zero-order valence-electron chi connectivity index (χ0n) is 9.59. The number of alkyl carbamates (subject to hydrolysis) is 1. The van der Waals surface area contributed by atoms with Gasteiger partial charge in [-0.3, -0.25) is 0 Å². The molecule has 0 aliphatic carbocycles. The Morgan fingerprint density at radius 2 is 2.24 bits per heavy atom. The van der Waals surface area contributed by atoms with E-state index in [9.17, 15) is 9.18 Å². The number of hydrogen-bond acceptors (Lipinski definition) is 2. The number of ether oxygens (including phenoxy) is 1. The normalized spacial score (nSPS) is 22.8. The van der Waals surface area contributed by atoms with Crippen LogP contribution in [0.5, 0.6) is 0 Å². The van der Waals surface area contributed by atoms with Gasteiger partial charge < -0.3 is 10.1 Å². The molecule has 1 aliphatic rings. The highest BCUT2D eigenvalue weighted by molar-refractivity contribution is 6.31. The standard InChI is InChI=1S/C12H13ClFNO2/c1-12(2)6-17-11(16)15-10(12)7-4-3-5-8(14)9(7)13/h3-5,10H,6H2,1-2H3,(H,15,16)/t10-/m1/s1. The van der Waals surface area contributed by atoms with Crippen LogP contribution in [0.1, 0.15) is 25.5 Å². The Balaban J connectivity index is 2.43. The van der Waals surface area contributed by atoms with Crippen LogP contribution in [0.15, 0.2) is 18.2 Å². The summed E-state index contributed by atoms with van der Waals surface area (Å²) in [4.78, 5) is 11.3. The average molecular weight is 258 g/mol. The summed E-state index contributed by atoms with van der Waals surface area (Å²) in [6.07, 6.45) is -0.505. The van der Waals surface area contributed by atoms with Gasteiger partial charge in [0.1, 0.15) is 12.4 Å². The SMILES string of the molecule is CC1(C)COC(=O)N[C@@H]1c1cccc(F)c1Cl. The number of benzene rings is 1. The molecule has 2 rings (SSSR count). The number of halogens is 2. The molecule has 0 aromatic heterocycles. The molecule has 1 fully saturated rings. The van der Waals surface area contributed by atoms with Gasteiger partial charge in [-0.1, -0.05) is 37.6 Å². The highest BCUT2D eigenvalue weighted by atomic mass is 35.5. The largest absolute Gasteiger partial charge is 0.449 e. The second-order valence-corrected chi connectivity index (χ2v) is 5.16. The first-order valence-corrected chi connectivity index (χ1v) is 5.67. The molecule has 1 N–H and O–H groups in total. The van der Waals surface area contributed by atoms with Crippen LogP contribution in [0.25, 0.3) is 0 Å². The van der Waals surface area contributed by atoms with Gasteiger partial charge >= 0.3 is 6.09 Å². The third-order valence-corrected chi connectivity index (χ3v) is 3.31. The lowest BCUT2D eigenvalue weighted by molar-refractivity contribution is 0.0387. The molecule has 1 aromatic carbocycles. The third kappa shape index (κ3) is 2.22. The maximum atomic E-state index is 13.4. The van der Waals surface area contributed by atoms with Crippen molar-refractivity contribution in [3.05, 3.63) is 34.6 Å². The van der Waals surface area contributed by atoms with Crippen LogP contribution >= 0.6 is 11.6 Å². The Kier molecular flexibility index (Phi) is 3.00. The first-order valence-electron chi connectivity index (χ1n) is 5.29. The molecule has 3 nitrogen and oxygen atoms in total. The molecule has 17 heavy (non-hydrogen) atoms. The zero-order valence-corrected chi connectivity index (χ0v) is 10.3. The third-order valence-electron chi connectivity index (χ3n) is 2.91. The lowest BCUT2D eigenvalue weighted by Crippen LogP contribution is -2.47. The lowest BCUT2D eigenvalue weighted by Gasteiger charge is -2.38. The molecule has 1 saturated heterocycles. The van der Waals surface area contributed by atoms with E-state index in [1.807, 2.05) is 13.8 Å². The van der Waals surface area contributed by atoms with E-state index in [1.165, 1.54) is 6.07 Å². The molecule has 0 bridgehead atoms. The minimum atomic E-state index is -0.505. The van der Waals surface area contributed by atoms with E-state index in [0.29, 0.717) is 5.56 Å². The molecule has 0 saturated carbocycles. The highest BCUT2D eigenvalue weighted by Crippen LogP contribution is 2.39. The second kappa shape index (κ2) is 4.18. The van der Waals surface area contributed by atoms with Crippen molar-refractivity contribution in [2.24, 2.45) is 5.41 Å². The number of cyclic esters (lactones) is 1. The van der Waals surface area contributed by atoms with E-state index in [1.54, 1.807) is 12.1 Å². The number of rotatable bonds is 1. The van der Waals surface area contributed by atoms with Gasteiger partial charge in [-0.05, 0) is 11.6 Å². The van der Waals surface area contributed by atoms with Crippen LogP contribution in [-0.2, 0) is 4.74 Å². The number of hydrogen-bond donors (Lipinski definition) is 1. The van der Waals surface area contributed by atoms with Gasteiger partial charge in [-0.25, -0.2) is 9.18 Å². The van der Waals surface area contributed by atoms with Crippen molar-refractivity contribution in [2.75, 3.05) is 6.61 Å². The van der Waals surface area contributed by atoms with E-state index in [4.69, 9.17) is 16.3 Å². The second-order valence-electron chi connectivity index (χ2n) is 4.79. The van der Waals surface area contributed by atoms with Crippen LogP contribution in [0.2, 0.25) is 5.02 Å². The highest BCUT2D eigenvalue weighted by Gasteiger charge is 2.39. The fourth-order valence-electron chi connectivity index (χ4n) is 1.93. The summed E-state index contributed by atoms with van der Waals surface area (Å²) in [6, 6.07) is 4.23. The molecule has 5 heteroatoms. The molecule has 0 spiro atoms. The molecule has 1 atom stereocenters. The van der Waals surface area contributed by atoms with Crippen molar-refractivity contribution in [3.63, 3.8) is 0 Å². The fraction of sp³-hybridized carbons (Fsp3) is 0.417. The Hall–Kier alpha value is -1.29. The topological polar surface area (TPSA) is 38.3 Å². The molecular formula is C12H13ClFNO2. The van der Waals surface area contributed by atoms with Crippen molar-refractivity contribution in [1.82, 2.24) is 5.32 Å². The van der Waals surface area contributed by atoms with Crippen LogP contribution in [0.3, 0.4) is 0 Å². The van der Waals surface area contributed by atoms with Crippen molar-refractivity contribution in [3.8, 4) is 0 Å². The molecule has 1 heterocycles. The summed E-state index contributed by atoms with van der Waals surface area (Å²) < 4.78 is 18.3. The predicted molar refractivity (Wildman–Crippen MR) is 62.4 cm³/mol. The number of nitrogens with one attached hydrogen (secondary N) is 1. The van der Waals surface area contributed by atoms with Crippen LogP contribution in [0.4, 0.5) is 9.18 Å². The van der Waals surface area contributed by atoms with Gasteiger partial charge in [0.2, 0.25) is 0 Å². The molecule has 1 aliphatic heterocycles. The van der Waals surface area contributed by atoms with Gasteiger partial charge in [-0.2, -0.15) is 0 Å². The smallest absolute Gasteiger partial charge is 0.407 e. The van der Waals surface area contributed by atoms with Gasteiger partial charge in [-0.15, -0.1) is 0 Å². The van der Waals surface area contributed by atoms with Crippen LogP contribution < -0.4 is 5.32 Å². The summed E-state index contributed by atoms with van der Waals surface area (Å²) >= 11 is 5.93. The zero-order chi connectivity index (χ0) is 12.6. The van der Waals surface area contributed by atoms with Crippen LogP contribution in [0, 0.1) is 11.2 Å². The average Bonchev–Trinajstić information content (AvgIpc) is 2.26. The fourth-order valence-corrected chi connectivity index (χ4v) is 2.17. The Morgan fingerprint density at radius 1 is 1.53 bits per heavy atom. The molecule has 0 radical (unpaired) electrons. The van der Waals surface area contributed by atoms with Gasteiger partial charge in [0, 0.05) is 5.41 Å². The summed E-state index contributed by atoms with van der Waals surface area (Å²) in [5, 5.41) is 2.73. The molecule has 1 amide bonds. The number of amides is 1. The number of carbonyl (C=O) groups is 1. The maximum Gasteiger partial charge on any atom is 0.407 e. The lowest BCUT2D eigenvalue weighted by atomic mass is 9.80. The first kappa shape index (κ1) is 12.2. The van der Waals surface area contributed by atoms with E-state index < -0.39 is 11.9 Å². The van der Waals surface area contributed by atoms with Gasteiger partial charge in [0.15, 0.2) is 0 Å². The Morgan fingerprint density at radius 3 is 2.94 bits per heavy atom. The summed E-state index contributed by atoms with van der Waals surface area (Å²) in [7, 11) is 0. The molecule has 1 aromatic rings. The quantitative estimate of drug-likeness (QED) is 0.838. The van der Waals surface area contributed by atoms with Crippen LogP contribution in [-0.4, -0.2) is 12.7 Å². The maximum absolute atomic E-state index is 13.4. The van der Waals surface area contributed by atoms with E-state index in [2.05, 4.69) is 5.32 Å². The Bertz CT molecular complexity index is 462. The minimum Gasteiger partial charge on any atom is -0.449 e. The number of carbonyl (C=O) groups excluding carboxylic acids is 1. The molecular weight excluding hydrogens is 245 g/mol. The summed E-state index contributed by atoms with van der Waals surface area (Å²) in [5.74, 6) is -0.485. The summed E-state index contributed by atoms with van der Waals surface area (Å²) in [5.41, 5.74) is 0.235. The minimum absolute atomic E-state index is 0.0489. The molecule has 0 unspecified atom stereocenters. The van der Waals surface area contributed by atoms with Gasteiger partial charge in [0.25, 0.3) is 0 Å². The summed E-state index contributed by atoms with van der Waals surface area (Å²) in [6.45, 7) is 4.13. The van der Waals surface area contributed by atoms with Crippen molar-refractivity contribution < 1.29 is 13.9 Å².